The number of hydrogen-bond donors (Lipinski definition) is 8. The van der Waals surface area contributed by atoms with E-state index in [2.05, 4.69) is 62.3 Å². The summed E-state index contributed by atoms with van der Waals surface area (Å²) < 4.78 is 23.7. The third-order valence-electron chi connectivity index (χ3n) is 32.2. The minimum Gasteiger partial charge on any atom is -0.481 e. The zero-order chi connectivity index (χ0) is 66.2. The van der Waals surface area contributed by atoms with Crippen LogP contribution >= 0.6 is 0 Å². The molecule has 33 atom stereocenters. The highest BCUT2D eigenvalue weighted by atomic mass is 16.5. The Hall–Kier alpha value is -1.95. The van der Waals surface area contributed by atoms with Gasteiger partial charge in [-0.25, -0.2) is 0 Å². The molecule has 522 valence electrons. The molecule has 0 aromatic heterocycles. The molecule has 0 heterocycles. The van der Waals surface area contributed by atoms with Crippen molar-refractivity contribution in [2.24, 2.45) is 139 Å². The van der Waals surface area contributed by atoms with Gasteiger partial charge in [0.2, 0.25) is 0 Å². The van der Waals surface area contributed by atoms with Gasteiger partial charge in [-0.2, -0.15) is 0 Å². The van der Waals surface area contributed by atoms with E-state index in [-0.39, 0.29) is 106 Å². The Morgan fingerprint density at radius 1 is 0.385 bits per heavy atom. The maximum Gasteiger partial charge on any atom is 0.303 e. The van der Waals surface area contributed by atoms with Crippen LogP contribution in [0.4, 0.5) is 0 Å². The fourth-order valence-electron chi connectivity index (χ4n) is 26.9. The van der Waals surface area contributed by atoms with Crippen molar-refractivity contribution in [2.75, 3.05) is 28.4 Å². The molecule has 12 saturated carbocycles. The van der Waals surface area contributed by atoms with E-state index in [0.717, 1.165) is 128 Å². The van der Waals surface area contributed by atoms with E-state index in [1.165, 1.54) is 6.42 Å². The molecular formula is C76H128O15. The van der Waals surface area contributed by atoms with Crippen LogP contribution in [0.15, 0.2) is 0 Å². The molecule has 91 heavy (non-hydrogen) atoms. The monoisotopic (exact) mass is 1280 g/mol. The predicted molar refractivity (Wildman–Crippen MR) is 349 cm³/mol. The molecule has 0 radical (unpaired) electrons. The second-order valence-corrected chi connectivity index (χ2v) is 35.1. The number of hydrogen-bond acceptors (Lipinski definition) is 12. The summed E-state index contributed by atoms with van der Waals surface area (Å²) in [5.74, 6) is 5.09. The molecule has 0 aliphatic heterocycles. The molecule has 33 unspecified atom stereocenters. The van der Waals surface area contributed by atoms with Gasteiger partial charge < -0.3 is 59.8 Å². The molecular weight excluding hydrogens is 1150 g/mol. The number of carboxylic acids is 3. The molecule has 15 nitrogen and oxygen atoms in total. The number of fused-ring (bicyclic) bond motifs is 15. The lowest BCUT2D eigenvalue weighted by Gasteiger charge is -2.64. The molecule has 12 aliphatic rings. The maximum absolute atomic E-state index is 11.7. The molecule has 0 bridgehead atoms. The van der Waals surface area contributed by atoms with E-state index in [9.17, 15) is 45.0 Å². The summed E-state index contributed by atoms with van der Waals surface area (Å²) in [7, 11) is 7.36. The Morgan fingerprint density at radius 3 is 1.04 bits per heavy atom. The minimum atomic E-state index is -0.737. The van der Waals surface area contributed by atoms with Gasteiger partial charge in [0.15, 0.2) is 0 Å². The average Bonchev–Trinajstić information content (AvgIpc) is 1.70. The number of carboxylic acid groups (broad SMARTS) is 3. The van der Waals surface area contributed by atoms with Crippen molar-refractivity contribution in [3.8, 4) is 0 Å². The summed E-state index contributed by atoms with van der Waals surface area (Å²) in [5, 5.41) is 83.9. The standard InChI is InChI=1S/C26H44O5.2C25H42O5/c1-15(6-9-23(28)29)18-7-8-19-24-20(14-22(27)26(18,19)3)25(2)11-10-17(30-4)12-16(25)13-21(24)31-5;1-14(5-8-22(28)29)17-6-7-18-23-19(13-21(27)25(17,18)3)24(2)10-9-16(30-4)11-15(24)12-20(23)26;1-14(5-8-22(28)29)17-6-7-18-23-19(13-21(27)25(17,18)3)24(2)10-9-16(26)11-15(24)12-20(23)30-4/h15-22,24,27H,6-14H2,1-5H3,(H,28,29);2*14-21,23,26-27H,5-13H2,1-4H3,(H,28,29). The molecule has 0 aromatic rings. The number of aliphatic hydroxyl groups excluding tert-OH is 5. The van der Waals surface area contributed by atoms with Crippen LogP contribution < -0.4 is 0 Å². The van der Waals surface area contributed by atoms with E-state index in [1.54, 1.807) is 7.11 Å². The molecule has 12 aliphatic carbocycles. The second kappa shape index (κ2) is 27.8. The van der Waals surface area contributed by atoms with Gasteiger partial charge in [-0.3, -0.25) is 14.4 Å². The second-order valence-electron chi connectivity index (χ2n) is 35.1. The zero-order valence-corrected chi connectivity index (χ0v) is 58.6. The van der Waals surface area contributed by atoms with Gasteiger partial charge in [0, 0.05) is 47.7 Å². The number of rotatable bonds is 16. The quantitative estimate of drug-likeness (QED) is 0.0716. The normalized spacial score (nSPS) is 51.1. The first-order valence-electron chi connectivity index (χ1n) is 37.1. The van der Waals surface area contributed by atoms with Crippen molar-refractivity contribution in [2.45, 2.75) is 291 Å². The fourth-order valence-corrected chi connectivity index (χ4v) is 26.9. The largest absolute Gasteiger partial charge is 0.481 e. The summed E-state index contributed by atoms with van der Waals surface area (Å²) in [5.41, 5.74) is 0.0928. The van der Waals surface area contributed by atoms with Gasteiger partial charge in [-0.05, 0) is 293 Å². The molecule has 8 N–H and O–H groups in total. The van der Waals surface area contributed by atoms with Gasteiger partial charge in [0.05, 0.1) is 54.9 Å². The van der Waals surface area contributed by atoms with Crippen molar-refractivity contribution in [1.29, 1.82) is 0 Å². The van der Waals surface area contributed by atoms with Crippen LogP contribution in [-0.4, -0.2) is 142 Å². The van der Waals surface area contributed by atoms with Crippen LogP contribution in [0.1, 0.15) is 236 Å². The van der Waals surface area contributed by atoms with Crippen LogP contribution in [0, 0.1) is 139 Å². The number of aliphatic carboxylic acids is 3. The number of ether oxygens (including phenoxy) is 4. The topological polar surface area (TPSA) is 250 Å². The maximum atomic E-state index is 11.7. The predicted octanol–water partition coefficient (Wildman–Crippen LogP) is 13.0. The molecule has 0 spiro atoms. The number of carbonyl (C=O) groups is 3. The van der Waals surface area contributed by atoms with Crippen molar-refractivity contribution < 1.29 is 74.2 Å². The highest BCUT2D eigenvalue weighted by Gasteiger charge is 2.70. The van der Waals surface area contributed by atoms with Crippen molar-refractivity contribution in [3.05, 3.63) is 0 Å². The summed E-state index contributed by atoms with van der Waals surface area (Å²) in [6.07, 6.45) is 23.7. The first-order valence-corrected chi connectivity index (χ1v) is 37.1. The molecule has 0 aromatic carbocycles. The summed E-state index contributed by atoms with van der Waals surface area (Å²) >= 11 is 0. The Morgan fingerprint density at radius 2 is 0.703 bits per heavy atom. The van der Waals surface area contributed by atoms with E-state index in [1.807, 2.05) is 21.3 Å². The van der Waals surface area contributed by atoms with Gasteiger partial charge in [-0.1, -0.05) is 62.3 Å². The van der Waals surface area contributed by atoms with E-state index >= 15 is 0 Å². The lowest BCUT2D eigenvalue weighted by atomic mass is 9.43. The Kier molecular flexibility index (Phi) is 21.9. The van der Waals surface area contributed by atoms with Crippen LogP contribution in [0.5, 0.6) is 0 Å². The fraction of sp³-hybridized carbons (Fsp3) is 0.961. The minimum absolute atomic E-state index is 0.136. The smallest absolute Gasteiger partial charge is 0.303 e. The first-order chi connectivity index (χ1) is 42.9. The lowest BCUT2D eigenvalue weighted by molar-refractivity contribution is -0.213. The van der Waals surface area contributed by atoms with E-state index < -0.39 is 17.9 Å². The van der Waals surface area contributed by atoms with E-state index in [0.29, 0.717) is 126 Å². The first kappa shape index (κ1) is 71.8. The number of methoxy groups -OCH3 is 4. The molecule has 12 rings (SSSR count). The van der Waals surface area contributed by atoms with Crippen LogP contribution in [-0.2, 0) is 33.3 Å². The van der Waals surface area contributed by atoms with Crippen molar-refractivity contribution >= 4 is 17.9 Å². The molecule has 0 amide bonds. The van der Waals surface area contributed by atoms with Crippen LogP contribution in [0.3, 0.4) is 0 Å². The highest BCUT2D eigenvalue weighted by Crippen LogP contribution is 2.72. The van der Waals surface area contributed by atoms with E-state index in [4.69, 9.17) is 29.2 Å². The summed E-state index contributed by atoms with van der Waals surface area (Å²) in [6, 6.07) is 0. The lowest BCUT2D eigenvalue weighted by Crippen LogP contribution is -2.62. The molecule has 12 fully saturated rings. The third kappa shape index (κ3) is 12.5. The zero-order valence-electron chi connectivity index (χ0n) is 58.6. The van der Waals surface area contributed by atoms with Gasteiger partial charge in [0.25, 0.3) is 0 Å². The molecule has 0 saturated heterocycles. The summed E-state index contributed by atoms with van der Waals surface area (Å²) in [6.45, 7) is 20.7. The average molecular weight is 1280 g/mol. The van der Waals surface area contributed by atoms with Crippen LogP contribution in [0.25, 0.3) is 0 Å². The van der Waals surface area contributed by atoms with Crippen molar-refractivity contribution in [1.82, 2.24) is 0 Å². The van der Waals surface area contributed by atoms with Crippen LogP contribution in [0.2, 0.25) is 0 Å². The van der Waals surface area contributed by atoms with Gasteiger partial charge in [-0.15, -0.1) is 0 Å². The number of aliphatic hydroxyl groups is 5. The van der Waals surface area contributed by atoms with Gasteiger partial charge in [0.1, 0.15) is 0 Å². The summed E-state index contributed by atoms with van der Waals surface area (Å²) in [4.78, 5) is 33.4. The highest BCUT2D eigenvalue weighted by molar-refractivity contribution is 5.67. The molecule has 15 heteroatoms. The van der Waals surface area contributed by atoms with Crippen molar-refractivity contribution in [3.63, 3.8) is 0 Å². The Labute approximate surface area is 547 Å². The Balaban J connectivity index is 0.000000150. The SMILES string of the molecule is COC1CC2CC(O)CCC2(C)C2CC(O)C3(C)C(C(C)CCC(=O)O)CCC3C12.COC1CCC2(C)C(C1)CC(O)C1C2CC(O)C2(C)C(C(C)CCC(=O)O)CCC12.COC1CCC2(C)C(C1)CC(OC)C1C2CC(O)C2(C)C(C(C)CCC(=O)O)CCC12. The Bertz CT molecular complexity index is 2490. The van der Waals surface area contributed by atoms with Gasteiger partial charge >= 0.3 is 17.9 Å². The third-order valence-corrected chi connectivity index (χ3v) is 32.2.